The number of anilines is 1. The van der Waals surface area contributed by atoms with Crippen LogP contribution in [0.25, 0.3) is 16.6 Å². The van der Waals surface area contributed by atoms with Gasteiger partial charge in [-0.1, -0.05) is 42.2 Å². The molecule has 3 aromatic carbocycles. The Morgan fingerprint density at radius 1 is 0.731 bits per heavy atom. The molecular weight excluding hydrogens is 316 g/mol. The summed E-state index contributed by atoms with van der Waals surface area (Å²) in [5.41, 5.74) is 5.51. The Balaban J connectivity index is 1.73. The highest BCUT2D eigenvalue weighted by Crippen LogP contribution is 2.22. The predicted octanol–water partition coefficient (Wildman–Crippen LogP) is 5.10. The topological polar surface area (TPSA) is 8.17 Å². The van der Waals surface area contributed by atoms with Crippen LogP contribution in [0.3, 0.4) is 0 Å². The first-order valence-electron chi connectivity index (χ1n) is 8.67. The van der Waals surface area contributed by atoms with Crippen LogP contribution < -0.4 is 4.90 Å². The highest BCUT2D eigenvalue weighted by molar-refractivity contribution is 5.82. The molecule has 0 amide bonds. The lowest BCUT2D eigenvalue weighted by Crippen LogP contribution is -2.07. The summed E-state index contributed by atoms with van der Waals surface area (Å²) in [6.07, 6.45) is 2.11. The molecule has 0 N–H and O–H groups in total. The van der Waals surface area contributed by atoms with Crippen molar-refractivity contribution in [2.45, 2.75) is 0 Å². The van der Waals surface area contributed by atoms with Gasteiger partial charge in [-0.2, -0.15) is 0 Å². The maximum absolute atomic E-state index is 3.35. The van der Waals surface area contributed by atoms with Crippen molar-refractivity contribution in [2.75, 3.05) is 19.0 Å². The van der Waals surface area contributed by atoms with Gasteiger partial charge in [0, 0.05) is 37.1 Å². The maximum atomic E-state index is 3.35. The van der Waals surface area contributed by atoms with Crippen LogP contribution in [-0.2, 0) is 0 Å². The van der Waals surface area contributed by atoms with Crippen molar-refractivity contribution in [2.24, 2.45) is 0 Å². The van der Waals surface area contributed by atoms with Gasteiger partial charge >= 0.3 is 0 Å². The second-order valence-electron chi connectivity index (χ2n) is 6.45. The van der Waals surface area contributed by atoms with Gasteiger partial charge in [0.05, 0.1) is 11.2 Å². The normalized spacial score (nSPS) is 10.4. The lowest BCUT2D eigenvalue weighted by Gasteiger charge is -2.11. The summed E-state index contributed by atoms with van der Waals surface area (Å²) in [5, 5.41) is 1.23. The van der Waals surface area contributed by atoms with Crippen LogP contribution in [0, 0.1) is 11.8 Å². The van der Waals surface area contributed by atoms with Gasteiger partial charge in [-0.05, 0) is 53.9 Å². The molecule has 126 valence electrons. The lowest BCUT2D eigenvalue weighted by molar-refractivity contribution is 1.12. The van der Waals surface area contributed by atoms with Crippen molar-refractivity contribution >= 4 is 16.6 Å². The zero-order chi connectivity index (χ0) is 17.9. The van der Waals surface area contributed by atoms with Crippen LogP contribution in [0.5, 0.6) is 0 Å². The van der Waals surface area contributed by atoms with Crippen molar-refractivity contribution in [3.05, 3.63) is 96.2 Å². The molecule has 0 saturated heterocycles. The van der Waals surface area contributed by atoms with Gasteiger partial charge in [0.1, 0.15) is 0 Å². The van der Waals surface area contributed by atoms with Crippen molar-refractivity contribution in [3.8, 4) is 17.5 Å². The number of nitrogens with zero attached hydrogens (tertiary/aromatic N) is 2. The van der Waals surface area contributed by atoms with E-state index in [1.807, 2.05) is 20.2 Å². The first kappa shape index (κ1) is 16.1. The molecule has 0 fully saturated rings. The molecule has 0 bridgehead atoms. The third kappa shape index (κ3) is 3.08. The van der Waals surface area contributed by atoms with E-state index in [1.54, 1.807) is 0 Å². The van der Waals surface area contributed by atoms with Crippen molar-refractivity contribution in [1.82, 2.24) is 4.57 Å². The molecule has 0 atom stereocenters. The highest BCUT2D eigenvalue weighted by atomic mass is 15.1. The zero-order valence-electron chi connectivity index (χ0n) is 15.0. The molecule has 0 unspecified atom stereocenters. The minimum absolute atomic E-state index is 1.02. The fourth-order valence-corrected chi connectivity index (χ4v) is 3.06. The third-order valence-electron chi connectivity index (χ3n) is 4.49. The van der Waals surface area contributed by atoms with Crippen molar-refractivity contribution in [1.29, 1.82) is 0 Å². The number of benzene rings is 3. The largest absolute Gasteiger partial charge is 0.378 e. The van der Waals surface area contributed by atoms with Crippen LogP contribution in [0.2, 0.25) is 0 Å². The second-order valence-corrected chi connectivity index (χ2v) is 6.45. The molecule has 1 heterocycles. The number of para-hydroxylation sites is 2. The SMILES string of the molecule is CN(C)c1ccc(C#Cc2ccccc2-n2ccc3ccccc32)cc1. The predicted molar refractivity (Wildman–Crippen MR) is 110 cm³/mol. The Kier molecular flexibility index (Phi) is 4.21. The molecule has 2 heteroatoms. The van der Waals surface area contributed by atoms with E-state index in [9.17, 15) is 0 Å². The van der Waals surface area contributed by atoms with Crippen LogP contribution in [-0.4, -0.2) is 18.7 Å². The van der Waals surface area contributed by atoms with E-state index in [1.165, 1.54) is 16.6 Å². The van der Waals surface area contributed by atoms with E-state index in [0.29, 0.717) is 0 Å². The van der Waals surface area contributed by atoms with Crippen molar-refractivity contribution in [3.63, 3.8) is 0 Å². The van der Waals surface area contributed by atoms with E-state index in [2.05, 4.69) is 100 Å². The Hall–Kier alpha value is -3.44. The van der Waals surface area contributed by atoms with Gasteiger partial charge in [-0.15, -0.1) is 0 Å². The molecule has 26 heavy (non-hydrogen) atoms. The fourth-order valence-electron chi connectivity index (χ4n) is 3.06. The van der Waals surface area contributed by atoms with Gasteiger partial charge < -0.3 is 9.47 Å². The van der Waals surface area contributed by atoms with E-state index in [-0.39, 0.29) is 0 Å². The van der Waals surface area contributed by atoms with Gasteiger partial charge in [-0.3, -0.25) is 0 Å². The van der Waals surface area contributed by atoms with Crippen LogP contribution in [0.15, 0.2) is 85.1 Å². The second kappa shape index (κ2) is 6.82. The minimum atomic E-state index is 1.02. The van der Waals surface area contributed by atoms with E-state index in [0.717, 1.165) is 16.8 Å². The molecule has 0 spiro atoms. The number of hydrogen-bond acceptors (Lipinski definition) is 1. The van der Waals surface area contributed by atoms with Crippen LogP contribution in [0.1, 0.15) is 11.1 Å². The smallest absolute Gasteiger partial charge is 0.0612 e. The summed E-state index contributed by atoms with van der Waals surface area (Å²) in [6, 6.07) is 27.1. The summed E-state index contributed by atoms with van der Waals surface area (Å²) in [4.78, 5) is 2.09. The number of aromatic nitrogens is 1. The van der Waals surface area contributed by atoms with E-state index >= 15 is 0 Å². The first-order valence-corrected chi connectivity index (χ1v) is 8.67. The first-order chi connectivity index (χ1) is 12.7. The standard InChI is InChI=1S/C24H20N2/c1-25(2)22-15-12-19(13-16-22)11-14-20-7-3-5-9-23(20)26-18-17-21-8-4-6-10-24(21)26/h3-10,12-13,15-18H,1-2H3. The summed E-state index contributed by atoms with van der Waals surface area (Å²) in [7, 11) is 4.08. The molecule has 0 radical (unpaired) electrons. The molecule has 2 nitrogen and oxygen atoms in total. The van der Waals surface area contributed by atoms with Crippen LogP contribution >= 0.6 is 0 Å². The number of fused-ring (bicyclic) bond motifs is 1. The third-order valence-corrected chi connectivity index (χ3v) is 4.49. The maximum Gasteiger partial charge on any atom is 0.0612 e. The number of hydrogen-bond donors (Lipinski definition) is 0. The summed E-state index contributed by atoms with van der Waals surface area (Å²) >= 11 is 0. The molecule has 0 aliphatic carbocycles. The molecule has 0 saturated carbocycles. The molecule has 4 aromatic rings. The van der Waals surface area contributed by atoms with Gasteiger partial charge in [-0.25, -0.2) is 0 Å². The Labute approximate surface area is 154 Å². The summed E-state index contributed by atoms with van der Waals surface area (Å²) < 4.78 is 2.20. The monoisotopic (exact) mass is 336 g/mol. The van der Waals surface area contributed by atoms with Gasteiger partial charge in [0.25, 0.3) is 0 Å². The van der Waals surface area contributed by atoms with Crippen LogP contribution in [0.4, 0.5) is 5.69 Å². The quantitative estimate of drug-likeness (QED) is 0.463. The Bertz CT molecular complexity index is 1110. The van der Waals surface area contributed by atoms with E-state index in [4.69, 9.17) is 0 Å². The number of rotatable bonds is 2. The Morgan fingerprint density at radius 3 is 2.27 bits per heavy atom. The zero-order valence-corrected chi connectivity index (χ0v) is 15.0. The average molecular weight is 336 g/mol. The van der Waals surface area contributed by atoms with E-state index < -0.39 is 0 Å². The molecule has 1 aromatic heterocycles. The minimum Gasteiger partial charge on any atom is -0.378 e. The molecule has 4 rings (SSSR count). The fraction of sp³-hybridized carbons (Fsp3) is 0.0833. The van der Waals surface area contributed by atoms with Crippen molar-refractivity contribution < 1.29 is 0 Å². The van der Waals surface area contributed by atoms with Gasteiger partial charge in [0.15, 0.2) is 0 Å². The highest BCUT2D eigenvalue weighted by Gasteiger charge is 2.05. The summed E-state index contributed by atoms with van der Waals surface area (Å²) in [6.45, 7) is 0. The lowest BCUT2D eigenvalue weighted by atomic mass is 10.1. The molecular formula is C24H20N2. The molecule has 0 aliphatic rings. The van der Waals surface area contributed by atoms with Gasteiger partial charge in [0.2, 0.25) is 0 Å². The summed E-state index contributed by atoms with van der Waals surface area (Å²) in [5.74, 6) is 6.64. The Morgan fingerprint density at radius 2 is 1.46 bits per heavy atom. The average Bonchev–Trinajstić information content (AvgIpc) is 3.11. The molecule has 0 aliphatic heterocycles.